The molecule has 0 bridgehead atoms. The van der Waals surface area contributed by atoms with Gasteiger partial charge >= 0.3 is 11.9 Å². The lowest BCUT2D eigenvalue weighted by Gasteiger charge is -2.18. The van der Waals surface area contributed by atoms with E-state index in [0.29, 0.717) is 6.42 Å². The zero-order chi connectivity index (χ0) is 18.4. The summed E-state index contributed by atoms with van der Waals surface area (Å²) < 4.78 is 0. The van der Waals surface area contributed by atoms with Crippen LogP contribution in [0.1, 0.15) is 78.1 Å². The number of rotatable bonds is 15. The van der Waals surface area contributed by atoms with E-state index in [2.05, 4.69) is 17.6 Å². The highest BCUT2D eigenvalue weighted by Gasteiger charge is 2.24. The highest BCUT2D eigenvalue weighted by molar-refractivity contribution is 5.84. The van der Waals surface area contributed by atoms with Gasteiger partial charge in [-0.1, -0.05) is 58.3 Å². The smallest absolute Gasteiger partial charge is 0.341 e. The Morgan fingerprint density at radius 2 is 1.33 bits per heavy atom. The Morgan fingerprint density at radius 1 is 0.833 bits per heavy atom. The first-order chi connectivity index (χ1) is 11.4. The summed E-state index contributed by atoms with van der Waals surface area (Å²) in [4.78, 5) is 33.5. The molecule has 0 aliphatic rings. The van der Waals surface area contributed by atoms with Gasteiger partial charge in [0, 0.05) is 6.42 Å². The maximum Gasteiger partial charge on any atom is 0.341 e. The predicted octanol–water partition coefficient (Wildman–Crippen LogP) is 2.50. The van der Waals surface area contributed by atoms with Crippen molar-refractivity contribution >= 4 is 17.8 Å². The van der Waals surface area contributed by atoms with Crippen LogP contribution in [0.5, 0.6) is 0 Å². The number of hydrogen-bond donors (Lipinski definition) is 4. The molecule has 0 aromatic rings. The first kappa shape index (κ1) is 22.4. The summed E-state index contributed by atoms with van der Waals surface area (Å²) in [6.45, 7) is 3.52. The minimum Gasteiger partial charge on any atom is -0.480 e. The van der Waals surface area contributed by atoms with E-state index in [-0.39, 0.29) is 12.3 Å². The fourth-order valence-corrected chi connectivity index (χ4v) is 2.33. The van der Waals surface area contributed by atoms with Gasteiger partial charge < -0.3 is 15.5 Å². The molecule has 0 spiro atoms. The van der Waals surface area contributed by atoms with E-state index >= 15 is 0 Å². The molecule has 1 amide bonds. The molecule has 0 aromatic heterocycles. The van der Waals surface area contributed by atoms with Crippen molar-refractivity contribution in [3.63, 3.8) is 0 Å². The van der Waals surface area contributed by atoms with E-state index in [1.165, 1.54) is 45.4 Å². The monoisotopic (exact) mass is 344 g/mol. The first-order valence-corrected chi connectivity index (χ1v) is 8.89. The fraction of sp³-hybridized carbons (Fsp3) is 0.824. The molecule has 1 unspecified atom stereocenters. The van der Waals surface area contributed by atoms with Crippen LogP contribution in [0.15, 0.2) is 0 Å². The third-order valence-corrected chi connectivity index (χ3v) is 3.85. The van der Waals surface area contributed by atoms with Gasteiger partial charge in [0.25, 0.3) is 0 Å². The summed E-state index contributed by atoms with van der Waals surface area (Å²) in [7, 11) is 0. The van der Waals surface area contributed by atoms with Gasteiger partial charge in [0.05, 0.1) is 0 Å². The van der Waals surface area contributed by atoms with Crippen molar-refractivity contribution in [1.82, 2.24) is 10.6 Å². The Balaban J connectivity index is 3.82. The summed E-state index contributed by atoms with van der Waals surface area (Å²) in [5.41, 5.74) is 0. The summed E-state index contributed by atoms with van der Waals surface area (Å²) >= 11 is 0. The second-order valence-electron chi connectivity index (χ2n) is 6.14. The highest BCUT2D eigenvalue weighted by Crippen LogP contribution is 2.10. The van der Waals surface area contributed by atoms with Crippen molar-refractivity contribution < 1.29 is 24.6 Å². The first-order valence-electron chi connectivity index (χ1n) is 8.89. The molecule has 4 N–H and O–H groups in total. The van der Waals surface area contributed by atoms with Gasteiger partial charge in [0.2, 0.25) is 5.91 Å². The van der Waals surface area contributed by atoms with Crippen LogP contribution in [-0.2, 0) is 14.4 Å². The van der Waals surface area contributed by atoms with Crippen LogP contribution in [0.2, 0.25) is 0 Å². The van der Waals surface area contributed by atoms with Gasteiger partial charge in [0.15, 0.2) is 6.17 Å². The number of carboxylic acids is 2. The van der Waals surface area contributed by atoms with Crippen LogP contribution in [0.4, 0.5) is 0 Å². The van der Waals surface area contributed by atoms with E-state index in [1.54, 1.807) is 0 Å². The molecule has 0 radical (unpaired) electrons. The number of carbonyl (C=O) groups excluding carboxylic acids is 1. The van der Waals surface area contributed by atoms with E-state index in [9.17, 15) is 14.4 Å². The van der Waals surface area contributed by atoms with Gasteiger partial charge in [-0.05, 0) is 13.3 Å². The van der Waals surface area contributed by atoms with Crippen molar-refractivity contribution in [2.24, 2.45) is 0 Å². The number of amides is 1. The molecule has 0 saturated carbocycles. The average Bonchev–Trinajstić information content (AvgIpc) is 2.52. The van der Waals surface area contributed by atoms with Gasteiger partial charge in [0.1, 0.15) is 6.04 Å². The van der Waals surface area contributed by atoms with Gasteiger partial charge in [-0.2, -0.15) is 0 Å². The third-order valence-electron chi connectivity index (χ3n) is 3.85. The van der Waals surface area contributed by atoms with Crippen LogP contribution < -0.4 is 10.6 Å². The lowest BCUT2D eigenvalue weighted by molar-refractivity contribution is -0.145. The number of carboxylic acid groups (broad SMARTS) is 2. The molecule has 0 aromatic carbocycles. The second-order valence-corrected chi connectivity index (χ2v) is 6.14. The highest BCUT2D eigenvalue weighted by atomic mass is 16.4. The van der Waals surface area contributed by atoms with Gasteiger partial charge in [-0.15, -0.1) is 0 Å². The largest absolute Gasteiger partial charge is 0.480 e. The summed E-state index contributed by atoms with van der Waals surface area (Å²) in [5, 5.41) is 22.4. The van der Waals surface area contributed by atoms with Gasteiger partial charge in [-0.3, -0.25) is 14.9 Å². The third kappa shape index (κ3) is 11.9. The minimum atomic E-state index is -1.39. The molecule has 0 aliphatic carbocycles. The molecular weight excluding hydrogens is 312 g/mol. The Hall–Kier alpha value is -1.63. The van der Waals surface area contributed by atoms with Crippen molar-refractivity contribution in [2.75, 3.05) is 0 Å². The van der Waals surface area contributed by atoms with E-state index in [1.807, 2.05) is 0 Å². The van der Waals surface area contributed by atoms with Crippen LogP contribution in [0.3, 0.4) is 0 Å². The number of hydrogen-bond acceptors (Lipinski definition) is 4. The summed E-state index contributed by atoms with van der Waals surface area (Å²) in [6.07, 6.45) is 9.08. The predicted molar refractivity (Wildman–Crippen MR) is 91.6 cm³/mol. The molecule has 0 saturated heterocycles. The lowest BCUT2D eigenvalue weighted by Crippen LogP contribution is -2.55. The van der Waals surface area contributed by atoms with E-state index < -0.39 is 24.1 Å². The Kier molecular flexibility index (Phi) is 12.8. The number of unbranched alkanes of at least 4 members (excludes halogenated alkanes) is 8. The van der Waals surface area contributed by atoms with Gasteiger partial charge in [-0.25, -0.2) is 4.79 Å². The number of carbonyl (C=O) groups is 3. The van der Waals surface area contributed by atoms with E-state index in [4.69, 9.17) is 10.2 Å². The minimum absolute atomic E-state index is 0.253. The zero-order valence-electron chi connectivity index (χ0n) is 14.8. The van der Waals surface area contributed by atoms with Crippen LogP contribution in [0, 0.1) is 0 Å². The van der Waals surface area contributed by atoms with Crippen molar-refractivity contribution in [3.8, 4) is 0 Å². The second kappa shape index (κ2) is 13.8. The molecule has 2 atom stereocenters. The molecule has 0 fully saturated rings. The van der Waals surface area contributed by atoms with Crippen LogP contribution in [0.25, 0.3) is 0 Å². The normalized spacial score (nSPS) is 13.2. The quantitative estimate of drug-likeness (QED) is 0.268. The van der Waals surface area contributed by atoms with Crippen molar-refractivity contribution in [2.45, 2.75) is 90.3 Å². The fourth-order valence-electron chi connectivity index (χ4n) is 2.33. The molecule has 24 heavy (non-hydrogen) atoms. The summed E-state index contributed by atoms with van der Waals surface area (Å²) in [5.74, 6) is -2.85. The molecule has 7 nitrogen and oxygen atoms in total. The van der Waals surface area contributed by atoms with Crippen LogP contribution >= 0.6 is 0 Å². The standard InChI is InChI=1S/C17H32N2O5/c1-3-4-5-6-7-8-9-10-11-12-14(20)19-15(17(23)24)18-13(2)16(21)22/h13,15,18H,3-12H2,1-2H3,(H,19,20)(H,21,22)(H,23,24)/t13-,15?/m0/s1. The van der Waals surface area contributed by atoms with Crippen LogP contribution in [-0.4, -0.2) is 40.3 Å². The molecule has 7 heteroatoms. The Morgan fingerprint density at radius 3 is 1.79 bits per heavy atom. The molecular formula is C17H32N2O5. The maximum atomic E-state index is 11.8. The number of nitrogens with one attached hydrogen (secondary N) is 2. The zero-order valence-corrected chi connectivity index (χ0v) is 14.8. The molecule has 140 valence electrons. The molecule has 0 heterocycles. The topological polar surface area (TPSA) is 116 Å². The summed E-state index contributed by atoms with van der Waals surface area (Å²) in [6, 6.07) is -1.06. The van der Waals surface area contributed by atoms with E-state index in [0.717, 1.165) is 12.8 Å². The van der Waals surface area contributed by atoms with Crippen molar-refractivity contribution in [1.29, 1.82) is 0 Å². The van der Waals surface area contributed by atoms with Crippen molar-refractivity contribution in [3.05, 3.63) is 0 Å². The Labute approximate surface area is 144 Å². The molecule has 0 rings (SSSR count). The average molecular weight is 344 g/mol. The Bertz CT molecular complexity index is 387. The SMILES string of the molecule is CCCCCCCCCCCC(=O)NC(N[C@@H](C)C(=O)O)C(=O)O. The number of aliphatic carboxylic acids is 2. The lowest BCUT2D eigenvalue weighted by atomic mass is 10.1. The maximum absolute atomic E-state index is 11.8. The molecule has 0 aliphatic heterocycles.